The van der Waals surface area contributed by atoms with Crippen molar-refractivity contribution >= 4 is 17.7 Å². The zero-order valence-corrected chi connectivity index (χ0v) is 23.7. The predicted molar refractivity (Wildman–Crippen MR) is 155 cm³/mol. The van der Waals surface area contributed by atoms with Gasteiger partial charge in [0.1, 0.15) is 5.69 Å². The van der Waals surface area contributed by atoms with Crippen LogP contribution in [0.4, 0.5) is 0 Å². The van der Waals surface area contributed by atoms with Crippen LogP contribution < -0.4 is 5.32 Å². The van der Waals surface area contributed by atoms with Gasteiger partial charge in [-0.3, -0.25) is 19.4 Å². The molecule has 8 nitrogen and oxygen atoms in total. The van der Waals surface area contributed by atoms with Crippen LogP contribution in [0.25, 0.3) is 0 Å². The average Bonchev–Trinajstić information content (AvgIpc) is 2.97. The smallest absolute Gasteiger partial charge is 0.271 e. The van der Waals surface area contributed by atoms with Crippen molar-refractivity contribution in [1.82, 2.24) is 25.1 Å². The van der Waals surface area contributed by atoms with Crippen molar-refractivity contribution in [3.63, 3.8) is 0 Å². The van der Waals surface area contributed by atoms with E-state index in [2.05, 4.69) is 36.1 Å². The number of benzene rings is 2. The molecule has 1 saturated heterocycles. The molecule has 1 fully saturated rings. The van der Waals surface area contributed by atoms with Crippen LogP contribution in [-0.4, -0.2) is 70.2 Å². The molecule has 0 bridgehead atoms. The molecule has 210 valence electrons. The molecule has 0 radical (unpaired) electrons. The van der Waals surface area contributed by atoms with Crippen LogP contribution in [0.2, 0.25) is 0 Å². The first-order chi connectivity index (χ1) is 19.2. The number of carbonyl (C=O) groups excluding carboxylic acids is 3. The quantitative estimate of drug-likeness (QED) is 0.440. The van der Waals surface area contributed by atoms with Crippen molar-refractivity contribution in [2.75, 3.05) is 32.7 Å². The fourth-order valence-electron chi connectivity index (χ4n) is 5.02. The molecule has 2 aromatic carbocycles. The second-order valence-corrected chi connectivity index (χ2v) is 11.4. The number of nitrogens with one attached hydrogen (secondary N) is 1. The normalized spacial score (nSPS) is 15.4. The molecule has 1 aliphatic rings. The van der Waals surface area contributed by atoms with Gasteiger partial charge in [-0.15, -0.1) is 0 Å². The lowest BCUT2D eigenvalue weighted by Crippen LogP contribution is -2.47. The van der Waals surface area contributed by atoms with E-state index in [0.29, 0.717) is 31.6 Å². The molecule has 0 aliphatic carbocycles. The van der Waals surface area contributed by atoms with E-state index in [-0.39, 0.29) is 41.3 Å². The van der Waals surface area contributed by atoms with Gasteiger partial charge in [0.15, 0.2) is 0 Å². The minimum atomic E-state index is -0.328. The maximum atomic E-state index is 13.7. The highest BCUT2D eigenvalue weighted by Crippen LogP contribution is 2.24. The van der Waals surface area contributed by atoms with Gasteiger partial charge in [0.2, 0.25) is 5.91 Å². The number of hydrogen-bond acceptors (Lipinski definition) is 5. The minimum absolute atomic E-state index is 0.0102. The second kappa shape index (κ2) is 13.3. The van der Waals surface area contributed by atoms with Crippen molar-refractivity contribution < 1.29 is 14.4 Å². The Morgan fingerprint density at radius 1 is 1.02 bits per heavy atom. The first-order valence-corrected chi connectivity index (χ1v) is 14.0. The van der Waals surface area contributed by atoms with Gasteiger partial charge in [0, 0.05) is 50.7 Å². The molecule has 8 heteroatoms. The number of carbonyl (C=O) groups is 3. The van der Waals surface area contributed by atoms with Crippen LogP contribution in [-0.2, 0) is 16.6 Å². The molecular formula is C32H39N5O3. The Balaban J connectivity index is 1.43. The van der Waals surface area contributed by atoms with Gasteiger partial charge < -0.3 is 15.1 Å². The van der Waals surface area contributed by atoms with E-state index in [4.69, 9.17) is 0 Å². The van der Waals surface area contributed by atoms with Gasteiger partial charge in [0.05, 0.1) is 12.6 Å². The number of nitrogens with zero attached hydrogens (tertiary/aromatic N) is 4. The fourth-order valence-corrected chi connectivity index (χ4v) is 5.02. The summed E-state index contributed by atoms with van der Waals surface area (Å²) in [6.07, 6.45) is 6.62. The number of piperidine rings is 1. The van der Waals surface area contributed by atoms with Crippen molar-refractivity contribution in [3.8, 4) is 0 Å². The monoisotopic (exact) mass is 541 g/mol. The Bertz CT molecular complexity index is 1270. The third kappa shape index (κ3) is 7.97. The lowest BCUT2D eigenvalue weighted by molar-refractivity contribution is -0.132. The van der Waals surface area contributed by atoms with E-state index in [1.54, 1.807) is 4.90 Å². The SMILES string of the molecule is CC(C)(C)c1ccc(C(=O)N(CCNC(=O)c2cnccn2)CC2CCCN(C(=O)Cc3ccccc3)C2)cc1. The van der Waals surface area contributed by atoms with E-state index in [0.717, 1.165) is 30.5 Å². The molecule has 0 saturated carbocycles. The van der Waals surface area contributed by atoms with E-state index in [1.807, 2.05) is 59.5 Å². The summed E-state index contributed by atoms with van der Waals surface area (Å²) in [6.45, 7) is 8.92. The third-order valence-electron chi connectivity index (χ3n) is 7.30. The van der Waals surface area contributed by atoms with Crippen LogP contribution in [0.5, 0.6) is 0 Å². The third-order valence-corrected chi connectivity index (χ3v) is 7.30. The number of amides is 3. The van der Waals surface area contributed by atoms with Gasteiger partial charge in [-0.25, -0.2) is 4.98 Å². The van der Waals surface area contributed by atoms with Gasteiger partial charge >= 0.3 is 0 Å². The highest BCUT2D eigenvalue weighted by Gasteiger charge is 2.27. The summed E-state index contributed by atoms with van der Waals surface area (Å²) in [5.41, 5.74) is 3.00. The molecule has 1 aliphatic heterocycles. The predicted octanol–water partition coefficient (Wildman–Crippen LogP) is 4.13. The summed E-state index contributed by atoms with van der Waals surface area (Å²) in [6, 6.07) is 17.6. The number of likely N-dealkylation sites (tertiary alicyclic amines) is 1. The summed E-state index contributed by atoms with van der Waals surface area (Å²) in [5, 5.41) is 2.86. The molecule has 4 rings (SSSR count). The van der Waals surface area contributed by atoms with Crippen molar-refractivity contribution in [1.29, 1.82) is 0 Å². The largest absolute Gasteiger partial charge is 0.349 e. The molecular weight excluding hydrogens is 502 g/mol. The summed E-state index contributed by atoms with van der Waals surface area (Å²) in [5.74, 6) is -0.142. The van der Waals surface area contributed by atoms with Gasteiger partial charge in [-0.1, -0.05) is 63.2 Å². The molecule has 1 atom stereocenters. The molecule has 3 aromatic rings. The Morgan fingerprint density at radius 3 is 2.45 bits per heavy atom. The van der Waals surface area contributed by atoms with Crippen LogP contribution in [0.15, 0.2) is 73.2 Å². The van der Waals surface area contributed by atoms with Gasteiger partial charge in [0.25, 0.3) is 11.8 Å². The topological polar surface area (TPSA) is 95.5 Å². The van der Waals surface area contributed by atoms with Crippen LogP contribution in [0.3, 0.4) is 0 Å². The molecule has 40 heavy (non-hydrogen) atoms. The Labute approximate surface area is 236 Å². The lowest BCUT2D eigenvalue weighted by Gasteiger charge is -2.36. The van der Waals surface area contributed by atoms with Crippen LogP contribution >= 0.6 is 0 Å². The van der Waals surface area contributed by atoms with Crippen molar-refractivity contribution in [3.05, 3.63) is 95.6 Å². The molecule has 0 spiro atoms. The van der Waals surface area contributed by atoms with Crippen LogP contribution in [0.1, 0.15) is 65.6 Å². The summed E-state index contributed by atoms with van der Waals surface area (Å²) < 4.78 is 0. The highest BCUT2D eigenvalue weighted by molar-refractivity contribution is 5.94. The number of aromatic nitrogens is 2. The zero-order valence-electron chi connectivity index (χ0n) is 23.7. The minimum Gasteiger partial charge on any atom is -0.349 e. The highest BCUT2D eigenvalue weighted by atomic mass is 16.2. The van der Waals surface area contributed by atoms with Gasteiger partial charge in [-0.2, -0.15) is 0 Å². The molecule has 2 heterocycles. The van der Waals surface area contributed by atoms with E-state index in [9.17, 15) is 14.4 Å². The van der Waals surface area contributed by atoms with E-state index < -0.39 is 0 Å². The fraction of sp³-hybridized carbons (Fsp3) is 0.406. The van der Waals surface area contributed by atoms with E-state index >= 15 is 0 Å². The molecule has 1 aromatic heterocycles. The molecule has 1 unspecified atom stereocenters. The first kappa shape index (κ1) is 28.9. The Kier molecular flexibility index (Phi) is 9.64. The van der Waals surface area contributed by atoms with Crippen molar-refractivity contribution in [2.45, 2.75) is 45.4 Å². The molecule has 3 amide bonds. The summed E-state index contributed by atoms with van der Waals surface area (Å²) in [7, 11) is 0. The van der Waals surface area contributed by atoms with E-state index in [1.165, 1.54) is 18.6 Å². The van der Waals surface area contributed by atoms with Gasteiger partial charge in [-0.05, 0) is 47.4 Å². The Hall–Kier alpha value is -4.07. The Morgan fingerprint density at radius 2 is 1.77 bits per heavy atom. The zero-order chi connectivity index (χ0) is 28.5. The number of rotatable bonds is 9. The first-order valence-electron chi connectivity index (χ1n) is 14.0. The van der Waals surface area contributed by atoms with Crippen molar-refractivity contribution in [2.24, 2.45) is 5.92 Å². The summed E-state index contributed by atoms with van der Waals surface area (Å²) in [4.78, 5) is 50.9. The molecule has 1 N–H and O–H groups in total. The lowest BCUT2D eigenvalue weighted by atomic mass is 9.86. The average molecular weight is 542 g/mol. The number of hydrogen-bond donors (Lipinski definition) is 1. The summed E-state index contributed by atoms with van der Waals surface area (Å²) >= 11 is 0. The maximum Gasteiger partial charge on any atom is 0.271 e. The second-order valence-electron chi connectivity index (χ2n) is 11.4. The standard InChI is InChI=1S/C32H39N5O3/c1-32(2,3)27-13-11-26(12-14-27)31(40)37(19-17-35-30(39)28-21-33-15-16-34-28)23-25-10-7-18-36(22-25)29(38)20-24-8-5-4-6-9-24/h4-6,8-9,11-16,21,25H,7,10,17-20,22-23H2,1-3H3,(H,35,39). The maximum absolute atomic E-state index is 13.7. The van der Waals surface area contributed by atoms with Crippen LogP contribution in [0, 0.1) is 5.92 Å².